The predicted octanol–water partition coefficient (Wildman–Crippen LogP) is 1.43. The molecule has 2 atom stereocenters. The molecule has 0 bridgehead atoms. The third kappa shape index (κ3) is 1.44. The zero-order chi connectivity index (χ0) is 13.9. The second-order valence-corrected chi connectivity index (χ2v) is 5.95. The summed E-state index contributed by atoms with van der Waals surface area (Å²) < 4.78 is 0. The maximum Gasteiger partial charge on any atom is 0.165 e. The maximum absolute atomic E-state index is 10.3. The first-order valence-corrected chi connectivity index (χ1v) is 7.15. The van der Waals surface area contributed by atoms with Crippen LogP contribution in [0.3, 0.4) is 0 Å². The molecule has 0 saturated heterocycles. The predicted molar refractivity (Wildman–Crippen MR) is 77.1 cm³/mol. The van der Waals surface area contributed by atoms with Gasteiger partial charge in [0.25, 0.3) is 0 Å². The summed E-state index contributed by atoms with van der Waals surface area (Å²) >= 11 is 0. The molecule has 0 fully saturated rings. The van der Waals surface area contributed by atoms with Crippen LogP contribution in [0, 0.1) is 0 Å². The lowest BCUT2D eigenvalue weighted by Gasteiger charge is -2.37. The van der Waals surface area contributed by atoms with Gasteiger partial charge in [0.15, 0.2) is 11.5 Å². The first kappa shape index (κ1) is 11.8. The van der Waals surface area contributed by atoms with E-state index in [1.165, 1.54) is 16.0 Å². The number of quaternary nitrogens is 1. The van der Waals surface area contributed by atoms with E-state index in [4.69, 9.17) is 0 Å². The topological polar surface area (TPSA) is 44.9 Å². The summed E-state index contributed by atoms with van der Waals surface area (Å²) in [4.78, 5) is 1.53. The van der Waals surface area contributed by atoms with Crippen molar-refractivity contribution in [3.05, 3.63) is 47.0 Å². The number of phenols is 2. The summed E-state index contributed by atoms with van der Waals surface area (Å²) in [5.74, 6) is -0.00566. The van der Waals surface area contributed by atoms with E-state index in [0.29, 0.717) is 6.04 Å². The van der Waals surface area contributed by atoms with Crippen LogP contribution in [0.15, 0.2) is 30.3 Å². The SMILES string of the molecule is C[NH+]1CCc2cccc3c2[C@H]1Cc1ccc(O)c(O)c1-3. The standard InChI is InChI=1S/C17H17NO2/c1-18-8-7-10-3-2-4-12-15(10)13(18)9-11-5-6-14(19)17(20)16(11)12/h2-6,13,19-20H,7-9H2,1H3/p+1/t13-/m1/s1. The molecule has 3 N–H and O–H groups in total. The minimum atomic E-state index is -0.0312. The van der Waals surface area contributed by atoms with Crippen molar-refractivity contribution in [1.29, 1.82) is 0 Å². The Bertz CT molecular complexity index is 708. The van der Waals surface area contributed by atoms with Gasteiger partial charge < -0.3 is 15.1 Å². The summed E-state index contributed by atoms with van der Waals surface area (Å²) in [6.07, 6.45) is 2.01. The molecule has 1 aliphatic carbocycles. The normalized spacial score (nSPS) is 23.1. The number of hydrogen-bond acceptors (Lipinski definition) is 2. The largest absolute Gasteiger partial charge is 0.504 e. The molecule has 2 aromatic carbocycles. The van der Waals surface area contributed by atoms with E-state index in [-0.39, 0.29) is 11.5 Å². The Balaban J connectivity index is 2.05. The quantitative estimate of drug-likeness (QED) is 0.633. The minimum Gasteiger partial charge on any atom is -0.504 e. The number of likely N-dealkylation sites (N-methyl/N-ethyl adjacent to an activating group) is 1. The van der Waals surface area contributed by atoms with Crippen molar-refractivity contribution in [3.8, 4) is 22.6 Å². The van der Waals surface area contributed by atoms with Gasteiger partial charge in [-0.1, -0.05) is 24.3 Å². The third-order valence-corrected chi connectivity index (χ3v) is 4.86. The van der Waals surface area contributed by atoms with Crippen LogP contribution in [-0.4, -0.2) is 23.8 Å². The third-order valence-electron chi connectivity index (χ3n) is 4.86. The molecule has 0 amide bonds. The summed E-state index contributed by atoms with van der Waals surface area (Å²) in [5, 5.41) is 20.1. The van der Waals surface area contributed by atoms with E-state index in [1.54, 1.807) is 6.07 Å². The van der Waals surface area contributed by atoms with Gasteiger partial charge in [0.05, 0.1) is 13.6 Å². The van der Waals surface area contributed by atoms with Gasteiger partial charge in [-0.3, -0.25) is 0 Å². The van der Waals surface area contributed by atoms with Gasteiger partial charge in [0, 0.05) is 24.0 Å². The lowest BCUT2D eigenvalue weighted by atomic mass is 9.77. The molecular formula is C17H18NO2+. The Morgan fingerprint density at radius 3 is 2.80 bits per heavy atom. The molecule has 0 aromatic heterocycles. The van der Waals surface area contributed by atoms with Crippen LogP contribution in [0.5, 0.6) is 11.5 Å². The van der Waals surface area contributed by atoms with Crippen LogP contribution < -0.4 is 4.90 Å². The molecule has 3 nitrogen and oxygen atoms in total. The van der Waals surface area contributed by atoms with Gasteiger partial charge in [0.2, 0.25) is 0 Å². The Morgan fingerprint density at radius 1 is 1.10 bits per heavy atom. The molecule has 1 unspecified atom stereocenters. The van der Waals surface area contributed by atoms with Crippen LogP contribution in [0.25, 0.3) is 11.1 Å². The Labute approximate surface area is 118 Å². The van der Waals surface area contributed by atoms with Crippen LogP contribution in [0.1, 0.15) is 22.7 Å². The fraction of sp³-hybridized carbons (Fsp3) is 0.294. The first-order valence-electron chi connectivity index (χ1n) is 7.15. The van der Waals surface area contributed by atoms with E-state index in [9.17, 15) is 10.2 Å². The minimum absolute atomic E-state index is 0.0255. The fourth-order valence-electron chi connectivity index (χ4n) is 3.80. The summed E-state index contributed by atoms with van der Waals surface area (Å²) in [6.45, 7) is 1.15. The smallest absolute Gasteiger partial charge is 0.165 e. The highest BCUT2D eigenvalue weighted by atomic mass is 16.3. The molecular weight excluding hydrogens is 250 g/mol. The number of nitrogens with one attached hydrogen (secondary N) is 1. The average molecular weight is 268 g/mol. The van der Waals surface area contributed by atoms with Crippen molar-refractivity contribution in [2.24, 2.45) is 0 Å². The maximum atomic E-state index is 10.3. The van der Waals surface area contributed by atoms with E-state index < -0.39 is 0 Å². The molecule has 2 aromatic rings. The van der Waals surface area contributed by atoms with Gasteiger partial charge in [-0.2, -0.15) is 0 Å². The molecule has 4 rings (SSSR count). The van der Waals surface area contributed by atoms with Crippen molar-refractivity contribution < 1.29 is 15.1 Å². The molecule has 0 spiro atoms. The van der Waals surface area contributed by atoms with Crippen molar-refractivity contribution in [3.63, 3.8) is 0 Å². The van der Waals surface area contributed by atoms with Gasteiger partial charge in [-0.05, 0) is 22.8 Å². The van der Waals surface area contributed by atoms with Gasteiger partial charge in [-0.25, -0.2) is 0 Å². The Kier molecular flexibility index (Phi) is 2.36. The highest BCUT2D eigenvalue weighted by Crippen LogP contribution is 2.47. The molecule has 3 heteroatoms. The van der Waals surface area contributed by atoms with E-state index >= 15 is 0 Å². The zero-order valence-corrected chi connectivity index (χ0v) is 11.5. The Hall–Kier alpha value is -2.00. The lowest BCUT2D eigenvalue weighted by molar-refractivity contribution is -0.914. The van der Waals surface area contributed by atoms with Crippen LogP contribution in [0.4, 0.5) is 0 Å². The molecule has 0 radical (unpaired) electrons. The van der Waals surface area contributed by atoms with Crippen LogP contribution >= 0.6 is 0 Å². The lowest BCUT2D eigenvalue weighted by Crippen LogP contribution is -3.10. The fourth-order valence-corrected chi connectivity index (χ4v) is 3.80. The monoisotopic (exact) mass is 268 g/mol. The first-order chi connectivity index (χ1) is 9.66. The molecule has 0 saturated carbocycles. The second kappa shape index (κ2) is 4.00. The zero-order valence-electron chi connectivity index (χ0n) is 11.5. The summed E-state index contributed by atoms with van der Waals surface area (Å²) in [7, 11) is 2.25. The molecule has 1 aliphatic heterocycles. The molecule has 20 heavy (non-hydrogen) atoms. The summed E-state index contributed by atoms with van der Waals surface area (Å²) in [6, 6.07) is 10.3. The van der Waals surface area contributed by atoms with Crippen molar-refractivity contribution in [2.75, 3.05) is 13.6 Å². The highest BCUT2D eigenvalue weighted by Gasteiger charge is 2.36. The number of hydrogen-bond donors (Lipinski definition) is 3. The van der Waals surface area contributed by atoms with Crippen LogP contribution in [0.2, 0.25) is 0 Å². The van der Waals surface area contributed by atoms with E-state index in [1.807, 2.05) is 6.07 Å². The number of aromatic hydroxyl groups is 2. The van der Waals surface area contributed by atoms with Crippen molar-refractivity contribution in [2.45, 2.75) is 18.9 Å². The number of rotatable bonds is 0. The van der Waals surface area contributed by atoms with Gasteiger partial charge in [0.1, 0.15) is 6.04 Å². The number of benzene rings is 2. The number of fused-ring (bicyclic) bond motifs is 2. The molecule has 2 aliphatic rings. The molecule has 1 heterocycles. The van der Waals surface area contributed by atoms with Gasteiger partial charge >= 0.3 is 0 Å². The van der Waals surface area contributed by atoms with Crippen molar-refractivity contribution >= 4 is 0 Å². The number of phenolic OH excluding ortho intramolecular Hbond substituents is 2. The summed E-state index contributed by atoms with van der Waals surface area (Å²) in [5.41, 5.74) is 5.82. The van der Waals surface area contributed by atoms with Crippen LogP contribution in [-0.2, 0) is 12.8 Å². The van der Waals surface area contributed by atoms with E-state index in [0.717, 1.165) is 36.1 Å². The molecule has 102 valence electrons. The van der Waals surface area contributed by atoms with Gasteiger partial charge in [-0.15, -0.1) is 0 Å². The van der Waals surface area contributed by atoms with E-state index in [2.05, 4.69) is 25.2 Å². The Morgan fingerprint density at radius 2 is 1.95 bits per heavy atom. The van der Waals surface area contributed by atoms with Crippen molar-refractivity contribution in [1.82, 2.24) is 0 Å². The second-order valence-electron chi connectivity index (χ2n) is 5.95. The highest BCUT2D eigenvalue weighted by molar-refractivity contribution is 5.81. The average Bonchev–Trinajstić information content (AvgIpc) is 2.46.